The highest BCUT2D eigenvalue weighted by molar-refractivity contribution is 6.30. The minimum absolute atomic E-state index is 0.0241. The van der Waals surface area contributed by atoms with Crippen molar-refractivity contribution in [2.45, 2.75) is 0 Å². The molecular formula is C19H23ClN4O2. The molecule has 0 spiro atoms. The highest BCUT2D eigenvalue weighted by Gasteiger charge is 2.19. The Bertz CT molecular complexity index is 688. The predicted molar refractivity (Wildman–Crippen MR) is 103 cm³/mol. The van der Waals surface area contributed by atoms with E-state index in [2.05, 4.69) is 20.1 Å². The molecule has 0 atom stereocenters. The van der Waals surface area contributed by atoms with Gasteiger partial charge in [-0.1, -0.05) is 17.7 Å². The van der Waals surface area contributed by atoms with Crippen molar-refractivity contribution < 1.29 is 9.53 Å². The van der Waals surface area contributed by atoms with Crippen LogP contribution in [-0.4, -0.2) is 61.7 Å². The molecular weight excluding hydrogens is 352 g/mol. The zero-order valence-corrected chi connectivity index (χ0v) is 15.4. The van der Waals surface area contributed by atoms with Crippen LogP contribution < -0.4 is 15.0 Å². The topological polar surface area (TPSA) is 57.7 Å². The van der Waals surface area contributed by atoms with E-state index in [4.69, 9.17) is 16.3 Å². The largest absolute Gasteiger partial charge is 0.492 e. The number of halogens is 1. The van der Waals surface area contributed by atoms with Gasteiger partial charge in [-0.2, -0.15) is 0 Å². The van der Waals surface area contributed by atoms with Crippen LogP contribution in [0, 0.1) is 0 Å². The first-order valence-corrected chi connectivity index (χ1v) is 9.12. The molecule has 26 heavy (non-hydrogen) atoms. The van der Waals surface area contributed by atoms with E-state index < -0.39 is 0 Å². The summed E-state index contributed by atoms with van der Waals surface area (Å²) in [5, 5.41) is 3.57. The van der Waals surface area contributed by atoms with Gasteiger partial charge in [0.05, 0.1) is 13.1 Å². The van der Waals surface area contributed by atoms with E-state index in [0.29, 0.717) is 24.7 Å². The van der Waals surface area contributed by atoms with Crippen LogP contribution in [0.2, 0.25) is 5.02 Å². The molecule has 1 aliphatic rings. The van der Waals surface area contributed by atoms with Crippen LogP contribution in [0.15, 0.2) is 48.7 Å². The average Bonchev–Trinajstić information content (AvgIpc) is 2.68. The number of nitrogens with one attached hydrogen (secondary N) is 1. The third-order valence-corrected chi connectivity index (χ3v) is 4.47. The van der Waals surface area contributed by atoms with Crippen molar-refractivity contribution in [1.29, 1.82) is 0 Å². The normalized spacial score (nSPS) is 14.9. The van der Waals surface area contributed by atoms with Crippen molar-refractivity contribution in [2.75, 3.05) is 50.8 Å². The molecule has 1 saturated heterocycles. The minimum atomic E-state index is 0.0241. The molecule has 0 radical (unpaired) electrons. The molecule has 1 amide bonds. The van der Waals surface area contributed by atoms with Gasteiger partial charge in [0.1, 0.15) is 18.2 Å². The fraction of sp³-hybridized carbons (Fsp3) is 0.368. The van der Waals surface area contributed by atoms with Crippen LogP contribution in [-0.2, 0) is 4.79 Å². The maximum atomic E-state index is 12.1. The quantitative estimate of drug-likeness (QED) is 0.752. The summed E-state index contributed by atoms with van der Waals surface area (Å²) in [6.07, 6.45) is 1.81. The molecule has 2 heterocycles. The molecule has 0 saturated carbocycles. The van der Waals surface area contributed by atoms with Crippen molar-refractivity contribution in [3.05, 3.63) is 53.7 Å². The lowest BCUT2D eigenvalue weighted by Gasteiger charge is -2.34. The van der Waals surface area contributed by atoms with Gasteiger partial charge >= 0.3 is 0 Å². The van der Waals surface area contributed by atoms with Crippen molar-refractivity contribution in [3.8, 4) is 5.75 Å². The SMILES string of the molecule is O=C(CN1CCN(c2ccccn2)CC1)NCCOc1ccc(Cl)cc1. The smallest absolute Gasteiger partial charge is 0.234 e. The second-order valence-corrected chi connectivity index (χ2v) is 6.54. The fourth-order valence-electron chi connectivity index (χ4n) is 2.83. The maximum absolute atomic E-state index is 12.1. The highest BCUT2D eigenvalue weighted by atomic mass is 35.5. The summed E-state index contributed by atoms with van der Waals surface area (Å²) < 4.78 is 5.56. The van der Waals surface area contributed by atoms with Crippen LogP contribution in [0.5, 0.6) is 5.75 Å². The molecule has 1 N–H and O–H groups in total. The number of nitrogens with zero attached hydrogens (tertiary/aromatic N) is 3. The maximum Gasteiger partial charge on any atom is 0.234 e. The molecule has 138 valence electrons. The first kappa shape index (κ1) is 18.5. The number of pyridine rings is 1. The molecule has 0 unspecified atom stereocenters. The molecule has 1 aromatic heterocycles. The van der Waals surface area contributed by atoms with Gasteiger partial charge < -0.3 is 15.0 Å². The Morgan fingerprint density at radius 3 is 2.58 bits per heavy atom. The van der Waals surface area contributed by atoms with Gasteiger partial charge in [-0.05, 0) is 36.4 Å². The zero-order valence-electron chi connectivity index (χ0n) is 14.6. The average molecular weight is 375 g/mol. The summed E-state index contributed by atoms with van der Waals surface area (Å²) in [7, 11) is 0. The van der Waals surface area contributed by atoms with E-state index in [1.165, 1.54) is 0 Å². The monoisotopic (exact) mass is 374 g/mol. The van der Waals surface area contributed by atoms with Gasteiger partial charge in [0.25, 0.3) is 0 Å². The number of amides is 1. The minimum Gasteiger partial charge on any atom is -0.492 e. The van der Waals surface area contributed by atoms with Gasteiger partial charge in [0.2, 0.25) is 5.91 Å². The predicted octanol–water partition coefficient (Wildman–Crippen LogP) is 2.05. The Labute approximate surface area is 158 Å². The standard InChI is InChI=1S/C19H23ClN4O2/c20-16-4-6-17(7-5-16)26-14-9-22-19(25)15-23-10-12-24(13-11-23)18-3-1-2-8-21-18/h1-8H,9-15H2,(H,22,25). The van der Waals surface area contributed by atoms with E-state index in [9.17, 15) is 4.79 Å². The third-order valence-electron chi connectivity index (χ3n) is 4.22. The second-order valence-electron chi connectivity index (χ2n) is 6.10. The number of hydrogen-bond acceptors (Lipinski definition) is 5. The van der Waals surface area contributed by atoms with E-state index in [0.717, 1.165) is 37.7 Å². The Morgan fingerprint density at radius 2 is 1.88 bits per heavy atom. The number of aromatic nitrogens is 1. The third kappa shape index (κ3) is 5.61. The number of hydrogen-bond donors (Lipinski definition) is 1. The van der Waals surface area contributed by atoms with Crippen molar-refractivity contribution in [3.63, 3.8) is 0 Å². The van der Waals surface area contributed by atoms with Crippen LogP contribution in [0.3, 0.4) is 0 Å². The fourth-order valence-corrected chi connectivity index (χ4v) is 2.95. The number of rotatable bonds is 7. The molecule has 1 aromatic carbocycles. The lowest BCUT2D eigenvalue weighted by Crippen LogP contribution is -2.50. The van der Waals surface area contributed by atoms with E-state index in [1.54, 1.807) is 18.3 Å². The van der Waals surface area contributed by atoms with Gasteiger partial charge in [-0.15, -0.1) is 0 Å². The van der Waals surface area contributed by atoms with Crippen LogP contribution >= 0.6 is 11.6 Å². The molecule has 6 nitrogen and oxygen atoms in total. The Morgan fingerprint density at radius 1 is 1.12 bits per heavy atom. The van der Waals surface area contributed by atoms with Crippen LogP contribution in [0.25, 0.3) is 0 Å². The van der Waals surface area contributed by atoms with E-state index in [1.807, 2.05) is 30.3 Å². The Hall–Kier alpha value is -2.31. The summed E-state index contributed by atoms with van der Waals surface area (Å²) >= 11 is 5.83. The van der Waals surface area contributed by atoms with Crippen LogP contribution in [0.1, 0.15) is 0 Å². The lowest BCUT2D eigenvalue weighted by molar-refractivity contribution is -0.122. The first-order valence-electron chi connectivity index (χ1n) is 8.74. The molecule has 0 bridgehead atoms. The van der Waals surface area contributed by atoms with Gasteiger partial charge in [0, 0.05) is 37.4 Å². The zero-order chi connectivity index (χ0) is 18.2. The van der Waals surface area contributed by atoms with Crippen molar-refractivity contribution in [1.82, 2.24) is 15.2 Å². The van der Waals surface area contributed by atoms with Crippen molar-refractivity contribution in [2.24, 2.45) is 0 Å². The number of ether oxygens (including phenoxy) is 1. The highest BCUT2D eigenvalue weighted by Crippen LogP contribution is 2.15. The number of piperazine rings is 1. The number of benzene rings is 1. The van der Waals surface area contributed by atoms with Gasteiger partial charge in [-0.3, -0.25) is 9.69 Å². The Balaban J connectivity index is 1.31. The molecule has 0 aliphatic carbocycles. The number of carbonyl (C=O) groups excluding carboxylic acids is 1. The lowest BCUT2D eigenvalue weighted by atomic mass is 10.3. The van der Waals surface area contributed by atoms with Crippen molar-refractivity contribution >= 4 is 23.3 Å². The summed E-state index contributed by atoms with van der Waals surface area (Å²) in [4.78, 5) is 20.8. The Kier molecular flexibility index (Phi) is 6.68. The summed E-state index contributed by atoms with van der Waals surface area (Å²) in [6.45, 7) is 4.79. The summed E-state index contributed by atoms with van der Waals surface area (Å²) in [5.74, 6) is 1.77. The molecule has 2 aromatic rings. The van der Waals surface area contributed by atoms with E-state index in [-0.39, 0.29) is 5.91 Å². The van der Waals surface area contributed by atoms with Gasteiger partial charge in [0.15, 0.2) is 0 Å². The molecule has 1 fully saturated rings. The summed E-state index contributed by atoms with van der Waals surface area (Å²) in [6, 6.07) is 13.1. The molecule has 7 heteroatoms. The van der Waals surface area contributed by atoms with Gasteiger partial charge in [-0.25, -0.2) is 4.98 Å². The number of anilines is 1. The number of carbonyl (C=O) groups is 1. The second kappa shape index (κ2) is 9.40. The summed E-state index contributed by atoms with van der Waals surface area (Å²) in [5.41, 5.74) is 0. The molecule has 3 rings (SSSR count). The van der Waals surface area contributed by atoms with Crippen LogP contribution in [0.4, 0.5) is 5.82 Å². The van der Waals surface area contributed by atoms with E-state index >= 15 is 0 Å². The first-order chi connectivity index (χ1) is 12.7. The molecule has 1 aliphatic heterocycles.